The van der Waals surface area contributed by atoms with Gasteiger partial charge >= 0.3 is 0 Å². The van der Waals surface area contributed by atoms with Crippen LogP contribution >= 0.6 is 0 Å². The fraction of sp³-hybridized carbons (Fsp3) is 0.154. The summed E-state index contributed by atoms with van der Waals surface area (Å²) in [4.78, 5) is 3.61. The molecule has 100 valence electrons. The zero-order valence-electron chi connectivity index (χ0n) is 10.5. The first-order chi connectivity index (χ1) is 8.93. The van der Waals surface area contributed by atoms with Gasteiger partial charge in [-0.15, -0.1) is 0 Å². The molecular formula is C13H13FN2O2S. The van der Waals surface area contributed by atoms with E-state index in [0.717, 1.165) is 15.9 Å². The molecule has 1 aromatic heterocycles. The van der Waals surface area contributed by atoms with Gasteiger partial charge in [-0.05, 0) is 36.8 Å². The molecule has 0 aliphatic heterocycles. The smallest absolute Gasteiger partial charge is 0.268 e. The fourth-order valence-corrected chi connectivity index (χ4v) is 2.81. The lowest BCUT2D eigenvalue weighted by molar-refractivity contribution is 0.552. The van der Waals surface area contributed by atoms with E-state index in [9.17, 15) is 12.8 Å². The number of hydrogen-bond acceptors (Lipinski definition) is 3. The zero-order valence-corrected chi connectivity index (χ0v) is 11.4. The van der Waals surface area contributed by atoms with E-state index in [0.29, 0.717) is 5.69 Å². The van der Waals surface area contributed by atoms with Crippen molar-refractivity contribution in [1.29, 1.82) is 0 Å². The summed E-state index contributed by atoms with van der Waals surface area (Å²) in [7, 11) is -2.62. The molecule has 6 heteroatoms. The average molecular weight is 280 g/mol. The molecule has 0 N–H and O–H groups in total. The first kappa shape index (κ1) is 13.5. The van der Waals surface area contributed by atoms with Gasteiger partial charge in [0.1, 0.15) is 0 Å². The molecule has 0 bridgehead atoms. The summed E-state index contributed by atoms with van der Waals surface area (Å²) in [6.07, 6.45) is 1.25. The Hall–Kier alpha value is -1.95. The van der Waals surface area contributed by atoms with Crippen molar-refractivity contribution in [3.63, 3.8) is 0 Å². The van der Waals surface area contributed by atoms with Crippen LogP contribution in [-0.4, -0.2) is 20.4 Å². The highest BCUT2D eigenvalue weighted by atomic mass is 32.2. The van der Waals surface area contributed by atoms with Gasteiger partial charge in [-0.25, -0.2) is 9.37 Å². The van der Waals surface area contributed by atoms with Gasteiger partial charge < -0.3 is 0 Å². The van der Waals surface area contributed by atoms with E-state index in [-0.39, 0.29) is 0 Å². The van der Waals surface area contributed by atoms with E-state index in [1.807, 2.05) is 13.0 Å². The molecule has 0 unspecified atom stereocenters. The minimum absolute atomic E-state index is 0.463. The largest absolute Gasteiger partial charge is 0.284 e. The Morgan fingerprint density at radius 2 is 1.95 bits per heavy atom. The van der Waals surface area contributed by atoms with Crippen LogP contribution in [0.3, 0.4) is 0 Å². The third-order valence-electron chi connectivity index (χ3n) is 2.69. The zero-order chi connectivity index (χ0) is 14.0. The maximum Gasteiger partial charge on any atom is 0.284 e. The number of hydrogen-bond donors (Lipinski definition) is 0. The topological polar surface area (TPSA) is 50.3 Å². The molecule has 0 amide bonds. The standard InChI is InChI=1S/C13H13FN2O2S/c1-10-5-3-6-11(9-10)16(2)19(17,18)13-12(14)7-4-8-15-13/h3-9H,1-2H3. The molecule has 0 saturated carbocycles. The third-order valence-corrected chi connectivity index (χ3v) is 4.42. The highest BCUT2D eigenvalue weighted by Gasteiger charge is 2.26. The summed E-state index contributed by atoms with van der Waals surface area (Å²) in [6.45, 7) is 1.85. The van der Waals surface area contributed by atoms with Crippen molar-refractivity contribution in [3.8, 4) is 0 Å². The lowest BCUT2D eigenvalue weighted by Crippen LogP contribution is -2.28. The number of halogens is 1. The van der Waals surface area contributed by atoms with Crippen LogP contribution in [0, 0.1) is 12.7 Å². The second-order valence-electron chi connectivity index (χ2n) is 4.10. The predicted octanol–water partition coefficient (Wildman–Crippen LogP) is 2.35. The van der Waals surface area contributed by atoms with Gasteiger partial charge in [0.2, 0.25) is 5.03 Å². The maximum atomic E-state index is 13.6. The minimum Gasteiger partial charge on any atom is -0.268 e. The molecular weight excluding hydrogens is 267 g/mol. The average Bonchev–Trinajstić information content (AvgIpc) is 2.38. The molecule has 0 atom stereocenters. The summed E-state index contributed by atoms with van der Waals surface area (Å²) < 4.78 is 39.2. The number of aromatic nitrogens is 1. The van der Waals surface area contributed by atoms with Crippen molar-refractivity contribution in [2.24, 2.45) is 0 Å². The van der Waals surface area contributed by atoms with Crippen LogP contribution in [0.1, 0.15) is 5.56 Å². The van der Waals surface area contributed by atoms with Crippen LogP contribution < -0.4 is 4.31 Å². The summed E-state index contributed by atoms with van der Waals surface area (Å²) in [6, 6.07) is 9.37. The number of benzene rings is 1. The quantitative estimate of drug-likeness (QED) is 0.867. The van der Waals surface area contributed by atoms with Gasteiger partial charge in [-0.3, -0.25) is 4.31 Å². The Kier molecular flexibility index (Phi) is 3.53. The highest BCUT2D eigenvalue weighted by molar-refractivity contribution is 7.92. The number of nitrogens with zero attached hydrogens (tertiary/aromatic N) is 2. The molecule has 19 heavy (non-hydrogen) atoms. The van der Waals surface area contributed by atoms with Crippen LogP contribution in [0.4, 0.5) is 10.1 Å². The fourth-order valence-electron chi connectivity index (χ4n) is 1.65. The molecule has 0 radical (unpaired) electrons. The molecule has 0 spiro atoms. The van der Waals surface area contributed by atoms with E-state index in [4.69, 9.17) is 0 Å². The molecule has 2 aromatic rings. The summed E-state index contributed by atoms with van der Waals surface area (Å²) >= 11 is 0. The molecule has 4 nitrogen and oxygen atoms in total. The van der Waals surface area contributed by atoms with E-state index in [1.165, 1.54) is 19.3 Å². The molecule has 0 saturated heterocycles. The van der Waals surface area contributed by atoms with E-state index in [1.54, 1.807) is 18.2 Å². The Morgan fingerprint density at radius 1 is 1.21 bits per heavy atom. The number of rotatable bonds is 3. The number of sulfonamides is 1. The number of anilines is 1. The third kappa shape index (κ3) is 2.58. The lowest BCUT2D eigenvalue weighted by atomic mass is 10.2. The SMILES string of the molecule is Cc1cccc(N(C)S(=O)(=O)c2ncccc2F)c1. The summed E-state index contributed by atoms with van der Waals surface area (Å²) in [5.41, 5.74) is 1.38. The van der Waals surface area contributed by atoms with Crippen molar-refractivity contribution in [2.75, 3.05) is 11.4 Å². The monoisotopic (exact) mass is 280 g/mol. The normalized spacial score (nSPS) is 11.3. The van der Waals surface area contributed by atoms with Crippen molar-refractivity contribution in [1.82, 2.24) is 4.98 Å². The van der Waals surface area contributed by atoms with Crippen LogP contribution in [0.15, 0.2) is 47.6 Å². The van der Waals surface area contributed by atoms with Gasteiger partial charge in [0, 0.05) is 13.2 Å². The van der Waals surface area contributed by atoms with E-state index >= 15 is 0 Å². The van der Waals surface area contributed by atoms with Gasteiger partial charge in [0.25, 0.3) is 10.0 Å². The van der Waals surface area contributed by atoms with E-state index < -0.39 is 20.9 Å². The first-order valence-electron chi connectivity index (χ1n) is 5.59. The van der Waals surface area contributed by atoms with Crippen LogP contribution in [0.5, 0.6) is 0 Å². The van der Waals surface area contributed by atoms with Gasteiger partial charge in [0.05, 0.1) is 5.69 Å². The molecule has 2 rings (SSSR count). The predicted molar refractivity (Wildman–Crippen MR) is 71.0 cm³/mol. The first-order valence-corrected chi connectivity index (χ1v) is 7.03. The van der Waals surface area contributed by atoms with Crippen LogP contribution in [0.25, 0.3) is 0 Å². The van der Waals surface area contributed by atoms with Crippen molar-refractivity contribution in [3.05, 3.63) is 54.0 Å². The molecule has 1 aromatic carbocycles. The Morgan fingerprint density at radius 3 is 2.58 bits per heavy atom. The summed E-state index contributed by atoms with van der Waals surface area (Å²) in [5.74, 6) is -0.859. The molecule has 0 aliphatic carbocycles. The second-order valence-corrected chi connectivity index (χ2v) is 5.99. The molecule has 0 fully saturated rings. The molecule has 1 heterocycles. The van der Waals surface area contributed by atoms with Crippen molar-refractivity contribution < 1.29 is 12.8 Å². The lowest BCUT2D eigenvalue weighted by Gasteiger charge is -2.19. The van der Waals surface area contributed by atoms with Crippen molar-refractivity contribution in [2.45, 2.75) is 11.9 Å². The highest BCUT2D eigenvalue weighted by Crippen LogP contribution is 2.22. The van der Waals surface area contributed by atoms with Gasteiger partial charge in [-0.1, -0.05) is 12.1 Å². The Labute approximate surface area is 111 Å². The Balaban J connectivity index is 2.49. The van der Waals surface area contributed by atoms with Gasteiger partial charge in [0.15, 0.2) is 5.82 Å². The maximum absolute atomic E-state index is 13.6. The van der Waals surface area contributed by atoms with Crippen molar-refractivity contribution >= 4 is 15.7 Å². The second kappa shape index (κ2) is 4.97. The van der Waals surface area contributed by atoms with Crippen LogP contribution in [0.2, 0.25) is 0 Å². The van der Waals surface area contributed by atoms with Gasteiger partial charge in [-0.2, -0.15) is 8.42 Å². The van der Waals surface area contributed by atoms with Crippen LogP contribution in [-0.2, 0) is 10.0 Å². The molecule has 0 aliphatic rings. The number of aryl methyl sites for hydroxylation is 1. The Bertz CT molecular complexity index is 701. The number of pyridine rings is 1. The summed E-state index contributed by atoms with van der Waals surface area (Å²) in [5, 5.41) is -0.570. The van der Waals surface area contributed by atoms with E-state index in [2.05, 4.69) is 4.98 Å². The minimum atomic E-state index is -3.99.